The van der Waals surface area contributed by atoms with Gasteiger partial charge in [-0.1, -0.05) is 43.7 Å². The number of nitrogens with zero attached hydrogens (tertiary/aromatic N) is 3. The summed E-state index contributed by atoms with van der Waals surface area (Å²) in [5.74, 6) is 2.61. The number of aromatic nitrogens is 2. The van der Waals surface area contributed by atoms with E-state index in [1.54, 1.807) is 0 Å². The second kappa shape index (κ2) is 8.98. The Morgan fingerprint density at radius 1 is 1.04 bits per heavy atom. The summed E-state index contributed by atoms with van der Waals surface area (Å²) in [5.41, 5.74) is 1.41. The average molecular weight is 370 g/mol. The Hall–Kier alpha value is -1.72. The lowest BCUT2D eigenvalue weighted by Gasteiger charge is -2.35. The highest BCUT2D eigenvalue weighted by Crippen LogP contribution is 2.33. The van der Waals surface area contributed by atoms with Gasteiger partial charge in [-0.25, -0.2) is 0 Å². The molecule has 0 unspecified atom stereocenters. The number of likely N-dealkylation sites (tertiary alicyclic amines) is 1. The third-order valence-electron chi connectivity index (χ3n) is 5.90. The fourth-order valence-corrected chi connectivity index (χ4v) is 4.46. The molecule has 1 aromatic heterocycles. The van der Waals surface area contributed by atoms with Crippen LogP contribution in [0.1, 0.15) is 68.3 Å². The number of ether oxygens (including phenoxy) is 1. The van der Waals surface area contributed by atoms with Crippen LogP contribution < -0.4 is 0 Å². The Labute approximate surface area is 162 Å². The quantitative estimate of drug-likeness (QED) is 0.757. The van der Waals surface area contributed by atoms with Gasteiger partial charge >= 0.3 is 0 Å². The molecule has 146 valence electrons. The molecule has 2 fully saturated rings. The molecule has 5 heteroatoms. The Morgan fingerprint density at radius 3 is 2.63 bits per heavy atom. The summed E-state index contributed by atoms with van der Waals surface area (Å²) in [6, 6.07) is 11.1. The van der Waals surface area contributed by atoms with Crippen molar-refractivity contribution in [1.82, 2.24) is 15.1 Å². The van der Waals surface area contributed by atoms with Gasteiger partial charge < -0.3 is 9.15 Å². The molecule has 0 radical (unpaired) electrons. The lowest BCUT2D eigenvalue weighted by molar-refractivity contribution is 0.0763. The van der Waals surface area contributed by atoms with Crippen LogP contribution in [0.25, 0.3) is 0 Å². The molecule has 0 amide bonds. The van der Waals surface area contributed by atoms with E-state index in [9.17, 15) is 0 Å². The van der Waals surface area contributed by atoms with E-state index in [0.29, 0.717) is 11.8 Å². The molecule has 4 rings (SSSR count). The van der Waals surface area contributed by atoms with Crippen LogP contribution in [0.3, 0.4) is 0 Å². The van der Waals surface area contributed by atoms with Crippen LogP contribution in [0.4, 0.5) is 0 Å². The van der Waals surface area contributed by atoms with Crippen LogP contribution in [0.2, 0.25) is 0 Å². The largest absolute Gasteiger partial charge is 0.423 e. The molecule has 3 heterocycles. The Morgan fingerprint density at radius 2 is 1.81 bits per heavy atom. The SMILES string of the molecule is C[C@@H](Cc1ccccc1)CN1CCCC[C@@H]1c1nnc(C2CCOCC2)o1. The minimum atomic E-state index is 0.276. The number of benzene rings is 1. The van der Waals surface area contributed by atoms with Gasteiger partial charge in [-0.05, 0) is 50.1 Å². The van der Waals surface area contributed by atoms with Gasteiger partial charge in [-0.15, -0.1) is 10.2 Å². The first-order valence-corrected chi connectivity index (χ1v) is 10.5. The van der Waals surface area contributed by atoms with Crippen LogP contribution >= 0.6 is 0 Å². The smallest absolute Gasteiger partial charge is 0.233 e. The molecule has 2 aliphatic rings. The number of rotatable bonds is 6. The van der Waals surface area contributed by atoms with E-state index in [4.69, 9.17) is 9.15 Å². The lowest BCUT2D eigenvalue weighted by Crippen LogP contribution is -2.37. The molecular weight excluding hydrogens is 338 g/mol. The van der Waals surface area contributed by atoms with Gasteiger partial charge in [0.05, 0.1) is 6.04 Å². The van der Waals surface area contributed by atoms with Crippen LogP contribution in [0.5, 0.6) is 0 Å². The van der Waals surface area contributed by atoms with Crippen LogP contribution in [0.15, 0.2) is 34.7 Å². The van der Waals surface area contributed by atoms with E-state index < -0.39 is 0 Å². The second-order valence-corrected chi connectivity index (χ2v) is 8.17. The molecule has 2 aromatic rings. The Kier molecular flexibility index (Phi) is 6.20. The molecule has 5 nitrogen and oxygen atoms in total. The summed E-state index contributed by atoms with van der Waals surface area (Å²) in [7, 11) is 0. The zero-order chi connectivity index (χ0) is 18.5. The molecule has 1 aromatic carbocycles. The van der Waals surface area contributed by atoms with Crippen LogP contribution in [-0.2, 0) is 11.2 Å². The lowest BCUT2D eigenvalue weighted by atomic mass is 9.96. The topological polar surface area (TPSA) is 51.4 Å². The monoisotopic (exact) mass is 369 g/mol. The highest BCUT2D eigenvalue weighted by atomic mass is 16.5. The zero-order valence-electron chi connectivity index (χ0n) is 16.3. The van der Waals surface area contributed by atoms with Gasteiger partial charge in [0.1, 0.15) is 0 Å². The van der Waals surface area contributed by atoms with Crippen molar-refractivity contribution < 1.29 is 9.15 Å². The fraction of sp³-hybridized carbons (Fsp3) is 0.636. The summed E-state index contributed by atoms with van der Waals surface area (Å²) in [4.78, 5) is 2.57. The van der Waals surface area contributed by atoms with Gasteiger partial charge in [0.15, 0.2) is 0 Å². The molecule has 2 saturated heterocycles. The second-order valence-electron chi connectivity index (χ2n) is 8.17. The van der Waals surface area contributed by atoms with Crippen molar-refractivity contribution in [3.63, 3.8) is 0 Å². The molecule has 0 spiro atoms. The number of hydrogen-bond acceptors (Lipinski definition) is 5. The molecule has 0 bridgehead atoms. The van der Waals surface area contributed by atoms with Gasteiger partial charge in [0.25, 0.3) is 0 Å². The van der Waals surface area contributed by atoms with E-state index in [1.807, 2.05) is 0 Å². The first-order chi connectivity index (χ1) is 13.3. The maximum Gasteiger partial charge on any atom is 0.233 e. The molecule has 27 heavy (non-hydrogen) atoms. The Balaban J connectivity index is 1.40. The van der Waals surface area contributed by atoms with Crippen molar-refractivity contribution >= 4 is 0 Å². The van der Waals surface area contributed by atoms with Gasteiger partial charge in [0, 0.05) is 25.7 Å². The predicted molar refractivity (Wildman–Crippen MR) is 105 cm³/mol. The number of hydrogen-bond donors (Lipinski definition) is 0. The third kappa shape index (κ3) is 4.77. The maximum absolute atomic E-state index is 6.17. The summed E-state index contributed by atoms with van der Waals surface area (Å²) in [6.45, 7) is 6.15. The van der Waals surface area contributed by atoms with Crippen LogP contribution in [0, 0.1) is 5.92 Å². The average Bonchev–Trinajstić information content (AvgIpc) is 3.20. The van der Waals surface area contributed by atoms with E-state index >= 15 is 0 Å². The van der Waals surface area contributed by atoms with E-state index in [1.165, 1.54) is 18.4 Å². The van der Waals surface area contributed by atoms with Crippen LogP contribution in [-0.4, -0.2) is 41.4 Å². The fourth-order valence-electron chi connectivity index (χ4n) is 4.46. The van der Waals surface area contributed by atoms with E-state index in [2.05, 4.69) is 52.4 Å². The van der Waals surface area contributed by atoms with E-state index in [-0.39, 0.29) is 6.04 Å². The molecule has 0 aliphatic carbocycles. The van der Waals surface area contributed by atoms with Gasteiger partial charge in [-0.2, -0.15) is 0 Å². The summed E-state index contributed by atoms with van der Waals surface area (Å²) < 4.78 is 11.6. The summed E-state index contributed by atoms with van der Waals surface area (Å²) in [6.07, 6.45) is 6.71. The first-order valence-electron chi connectivity index (χ1n) is 10.5. The molecular formula is C22H31N3O2. The molecule has 0 N–H and O–H groups in total. The van der Waals surface area contributed by atoms with Crippen molar-refractivity contribution in [2.24, 2.45) is 5.92 Å². The standard InChI is InChI=1S/C22H31N3O2/c1-17(15-18-7-3-2-4-8-18)16-25-12-6-5-9-20(25)22-24-23-21(27-22)19-10-13-26-14-11-19/h2-4,7-8,17,19-20H,5-6,9-16H2,1H3/t17-,20+/m0/s1. The number of piperidine rings is 1. The minimum absolute atomic E-state index is 0.276. The van der Waals surface area contributed by atoms with Crippen molar-refractivity contribution in [3.8, 4) is 0 Å². The zero-order valence-corrected chi connectivity index (χ0v) is 16.3. The van der Waals surface area contributed by atoms with Crippen molar-refractivity contribution in [2.75, 3.05) is 26.3 Å². The minimum Gasteiger partial charge on any atom is -0.423 e. The predicted octanol–water partition coefficient (Wildman–Crippen LogP) is 4.37. The van der Waals surface area contributed by atoms with Crippen molar-refractivity contribution in [1.29, 1.82) is 0 Å². The van der Waals surface area contributed by atoms with Gasteiger partial charge in [0.2, 0.25) is 11.8 Å². The summed E-state index contributed by atoms with van der Waals surface area (Å²) in [5, 5.41) is 8.85. The van der Waals surface area contributed by atoms with Gasteiger partial charge in [-0.3, -0.25) is 4.90 Å². The first kappa shape index (κ1) is 18.6. The van der Waals surface area contributed by atoms with E-state index in [0.717, 1.165) is 63.8 Å². The Bertz CT molecular complexity index is 697. The molecule has 2 atom stereocenters. The summed E-state index contributed by atoms with van der Waals surface area (Å²) >= 11 is 0. The van der Waals surface area contributed by atoms with Crippen molar-refractivity contribution in [3.05, 3.63) is 47.7 Å². The molecule has 0 saturated carbocycles. The highest BCUT2D eigenvalue weighted by molar-refractivity contribution is 5.15. The van der Waals surface area contributed by atoms with Crippen molar-refractivity contribution in [2.45, 2.75) is 57.4 Å². The maximum atomic E-state index is 6.17. The normalized spacial score (nSPS) is 23.4. The highest BCUT2D eigenvalue weighted by Gasteiger charge is 2.31. The molecule has 2 aliphatic heterocycles. The third-order valence-corrected chi connectivity index (χ3v) is 5.90.